The Balaban J connectivity index is 1.18. The van der Waals surface area contributed by atoms with Crippen LogP contribution in [-0.2, 0) is 0 Å². The maximum Gasteiger partial charge on any atom is 0.238 e. The Kier molecular flexibility index (Phi) is 7.30. The molecule has 4 heterocycles. The molecule has 0 saturated carbocycles. The van der Waals surface area contributed by atoms with Gasteiger partial charge >= 0.3 is 0 Å². The fourth-order valence-electron chi connectivity index (χ4n) is 8.51. The molecular formula is C51H31N5OS. The lowest BCUT2D eigenvalue weighted by Gasteiger charge is -2.24. The Morgan fingerprint density at radius 2 is 1.16 bits per heavy atom. The summed E-state index contributed by atoms with van der Waals surface area (Å²) in [7, 11) is 0. The molecule has 4 aromatic heterocycles. The van der Waals surface area contributed by atoms with E-state index in [9.17, 15) is 0 Å². The third-order valence-electron chi connectivity index (χ3n) is 11.0. The summed E-state index contributed by atoms with van der Waals surface area (Å²) >= 11 is 1.80. The molecule has 12 rings (SSSR count). The summed E-state index contributed by atoms with van der Waals surface area (Å²) in [4.78, 5) is 18.4. The predicted octanol–water partition coefficient (Wildman–Crippen LogP) is 14.0. The van der Waals surface area contributed by atoms with Crippen molar-refractivity contribution in [3.05, 3.63) is 188 Å². The van der Waals surface area contributed by atoms with Crippen LogP contribution in [0.15, 0.2) is 192 Å². The van der Waals surface area contributed by atoms with Crippen LogP contribution in [0.2, 0.25) is 0 Å². The van der Waals surface area contributed by atoms with Crippen molar-refractivity contribution in [2.24, 2.45) is 0 Å². The zero-order valence-corrected chi connectivity index (χ0v) is 31.8. The molecule has 8 aromatic carbocycles. The second-order valence-electron chi connectivity index (χ2n) is 14.4. The summed E-state index contributed by atoms with van der Waals surface area (Å²) in [6.07, 6.45) is 0. The van der Waals surface area contributed by atoms with E-state index in [1.807, 2.05) is 42.5 Å². The van der Waals surface area contributed by atoms with E-state index < -0.39 is 0 Å². The maximum absolute atomic E-state index is 6.42. The van der Waals surface area contributed by atoms with Gasteiger partial charge in [-0.25, -0.2) is 4.98 Å². The quantitative estimate of drug-likeness (QED) is 0.169. The number of aromatic nitrogens is 4. The summed E-state index contributed by atoms with van der Waals surface area (Å²) in [5.74, 6) is 1.66. The summed E-state index contributed by atoms with van der Waals surface area (Å²) < 4.78 is 11.2. The van der Waals surface area contributed by atoms with Crippen molar-refractivity contribution in [1.29, 1.82) is 0 Å². The van der Waals surface area contributed by atoms with Crippen molar-refractivity contribution in [3.8, 4) is 28.5 Å². The minimum atomic E-state index is 0.499. The molecule has 0 aliphatic carbocycles. The number of rotatable bonds is 6. The highest BCUT2D eigenvalue weighted by atomic mass is 32.1. The lowest BCUT2D eigenvalue weighted by atomic mass is 10.1. The Labute approximate surface area is 336 Å². The molecule has 0 fully saturated rings. The van der Waals surface area contributed by atoms with Gasteiger partial charge in [0.1, 0.15) is 11.2 Å². The number of anilines is 3. The van der Waals surface area contributed by atoms with E-state index in [0.717, 1.165) is 71.9 Å². The minimum absolute atomic E-state index is 0.499. The first-order valence-electron chi connectivity index (χ1n) is 19.3. The summed E-state index contributed by atoms with van der Waals surface area (Å²) in [6, 6.07) is 65.4. The third-order valence-corrected chi connectivity index (χ3v) is 12.2. The molecule has 272 valence electrons. The smallest absolute Gasteiger partial charge is 0.238 e. The van der Waals surface area contributed by atoms with Gasteiger partial charge in [0.15, 0.2) is 11.6 Å². The van der Waals surface area contributed by atoms with Crippen molar-refractivity contribution >= 4 is 92.6 Å². The molecule has 0 radical (unpaired) electrons. The molecule has 0 unspecified atom stereocenters. The highest BCUT2D eigenvalue weighted by molar-refractivity contribution is 7.25. The van der Waals surface area contributed by atoms with Crippen LogP contribution < -0.4 is 4.90 Å². The Morgan fingerprint density at radius 3 is 2.03 bits per heavy atom. The zero-order valence-electron chi connectivity index (χ0n) is 31.0. The average molecular weight is 762 g/mol. The van der Waals surface area contributed by atoms with Gasteiger partial charge in [0.25, 0.3) is 0 Å². The monoisotopic (exact) mass is 761 g/mol. The molecule has 0 bridgehead atoms. The first-order valence-corrected chi connectivity index (χ1v) is 20.1. The van der Waals surface area contributed by atoms with Crippen molar-refractivity contribution in [2.45, 2.75) is 0 Å². The average Bonchev–Trinajstić information content (AvgIpc) is 3.97. The summed E-state index contributed by atoms with van der Waals surface area (Å²) in [5.41, 5.74) is 8.48. The standard InChI is InChI=1S/C51H31N5OS/c1-3-15-33(16-4-1)55-41-24-10-7-19-35(41)37-22-13-23-39(48(37)55)50-52-49(32-29-30-46-40(31-32)36-20-9-12-28-45(36)58-46)53-51(54-50)56(34-17-5-2-6-18-34)42-25-14-27-44-47(42)38-21-8-11-26-43(38)57-44/h1-31H. The van der Waals surface area contributed by atoms with Crippen LogP contribution in [0.4, 0.5) is 17.3 Å². The van der Waals surface area contributed by atoms with Gasteiger partial charge in [0.05, 0.1) is 22.1 Å². The van der Waals surface area contributed by atoms with Gasteiger partial charge in [0.2, 0.25) is 5.95 Å². The Hall–Kier alpha value is -7.61. The van der Waals surface area contributed by atoms with Crippen molar-refractivity contribution in [3.63, 3.8) is 0 Å². The number of nitrogens with zero attached hydrogens (tertiary/aromatic N) is 5. The normalized spacial score (nSPS) is 11.8. The van der Waals surface area contributed by atoms with Crippen molar-refractivity contribution < 1.29 is 4.42 Å². The van der Waals surface area contributed by atoms with Gasteiger partial charge in [-0.15, -0.1) is 11.3 Å². The molecule has 58 heavy (non-hydrogen) atoms. The second kappa shape index (κ2) is 13.0. The minimum Gasteiger partial charge on any atom is -0.456 e. The first kappa shape index (κ1) is 32.6. The first-order chi connectivity index (χ1) is 28.8. The largest absolute Gasteiger partial charge is 0.456 e. The van der Waals surface area contributed by atoms with E-state index in [1.165, 1.54) is 20.2 Å². The topological polar surface area (TPSA) is 60.0 Å². The van der Waals surface area contributed by atoms with Crippen LogP contribution in [0.25, 0.3) is 92.4 Å². The third kappa shape index (κ3) is 5.07. The van der Waals surface area contributed by atoms with E-state index in [0.29, 0.717) is 17.6 Å². The maximum atomic E-state index is 6.42. The number of hydrogen-bond acceptors (Lipinski definition) is 6. The predicted molar refractivity (Wildman–Crippen MR) is 240 cm³/mol. The van der Waals surface area contributed by atoms with E-state index in [4.69, 9.17) is 19.4 Å². The molecule has 0 spiro atoms. The number of furan rings is 1. The number of para-hydroxylation sites is 5. The van der Waals surface area contributed by atoms with E-state index in [1.54, 1.807) is 11.3 Å². The Morgan fingerprint density at radius 1 is 0.483 bits per heavy atom. The molecule has 7 heteroatoms. The van der Waals surface area contributed by atoms with E-state index >= 15 is 0 Å². The fraction of sp³-hybridized carbons (Fsp3) is 0. The van der Waals surface area contributed by atoms with Crippen LogP contribution in [0.5, 0.6) is 0 Å². The van der Waals surface area contributed by atoms with Crippen LogP contribution in [0.3, 0.4) is 0 Å². The van der Waals surface area contributed by atoms with Crippen LogP contribution >= 0.6 is 11.3 Å². The molecule has 0 atom stereocenters. The highest BCUT2D eigenvalue weighted by Gasteiger charge is 2.25. The zero-order chi connectivity index (χ0) is 38.2. The van der Waals surface area contributed by atoms with Gasteiger partial charge in [-0.2, -0.15) is 9.97 Å². The second-order valence-corrected chi connectivity index (χ2v) is 15.5. The molecule has 0 saturated heterocycles. The van der Waals surface area contributed by atoms with E-state index in [2.05, 4.69) is 155 Å². The van der Waals surface area contributed by atoms with Gasteiger partial charge < -0.3 is 8.98 Å². The molecular weight excluding hydrogens is 731 g/mol. The molecule has 6 nitrogen and oxygen atoms in total. The van der Waals surface area contributed by atoms with E-state index in [-0.39, 0.29) is 0 Å². The molecule has 0 amide bonds. The number of fused-ring (bicyclic) bond motifs is 9. The van der Waals surface area contributed by atoms with Crippen LogP contribution in [-0.4, -0.2) is 19.5 Å². The van der Waals surface area contributed by atoms with Crippen molar-refractivity contribution in [1.82, 2.24) is 19.5 Å². The van der Waals surface area contributed by atoms with Crippen LogP contribution in [0, 0.1) is 0 Å². The van der Waals surface area contributed by atoms with Crippen molar-refractivity contribution in [2.75, 3.05) is 4.90 Å². The van der Waals surface area contributed by atoms with Gasteiger partial charge in [-0.05, 0) is 78.9 Å². The number of thiophene rings is 1. The molecule has 12 aromatic rings. The molecule has 0 aliphatic rings. The van der Waals surface area contributed by atoms with Gasteiger partial charge in [0, 0.05) is 58.8 Å². The molecule has 0 aliphatic heterocycles. The lowest BCUT2D eigenvalue weighted by molar-refractivity contribution is 0.669. The Bertz CT molecular complexity index is 3530. The SMILES string of the molecule is c1ccc(N(c2nc(-c3ccc4sc5ccccc5c4c3)nc(-c3cccc4c5ccccc5n(-c5ccccc5)c34)n2)c2cccc3oc4ccccc4c23)cc1. The molecule has 0 N–H and O–H groups in total. The van der Waals surface area contributed by atoms with Gasteiger partial charge in [-0.1, -0.05) is 109 Å². The summed E-state index contributed by atoms with van der Waals surface area (Å²) in [5, 5.41) is 6.71. The highest BCUT2D eigenvalue weighted by Crippen LogP contribution is 2.44. The number of benzene rings is 8. The fourth-order valence-corrected chi connectivity index (χ4v) is 9.59. The van der Waals surface area contributed by atoms with Crippen LogP contribution in [0.1, 0.15) is 0 Å². The summed E-state index contributed by atoms with van der Waals surface area (Å²) in [6.45, 7) is 0. The lowest BCUT2D eigenvalue weighted by Crippen LogP contribution is -2.15. The van der Waals surface area contributed by atoms with Gasteiger partial charge in [-0.3, -0.25) is 4.90 Å². The number of hydrogen-bond donors (Lipinski definition) is 0.